The third-order valence-corrected chi connectivity index (χ3v) is 5.85. The zero-order valence-corrected chi connectivity index (χ0v) is 20.0. The number of carbonyl (C=O) groups excluding carboxylic acids is 1. The van der Waals surface area contributed by atoms with E-state index in [1.165, 1.54) is 13.1 Å². The number of alkyl halides is 3. The number of nitrogens with one attached hydrogen (secondary N) is 3. The van der Waals surface area contributed by atoms with E-state index in [1.807, 2.05) is 17.8 Å². The van der Waals surface area contributed by atoms with Crippen molar-refractivity contribution in [2.45, 2.75) is 45.8 Å². The summed E-state index contributed by atoms with van der Waals surface area (Å²) in [5.74, 6) is -0.137. The molecule has 182 valence electrons. The van der Waals surface area contributed by atoms with Crippen LogP contribution in [0.4, 0.5) is 19.1 Å². The van der Waals surface area contributed by atoms with Gasteiger partial charge in [0.15, 0.2) is 5.78 Å². The molecule has 1 fully saturated rings. The van der Waals surface area contributed by atoms with Crippen LogP contribution in [0.15, 0.2) is 29.4 Å². The number of aromatic amines is 1. The number of H-pyrrole nitrogens is 1. The first-order chi connectivity index (χ1) is 16.2. The molecular formula is C23H27F3N6OS. The van der Waals surface area contributed by atoms with Crippen molar-refractivity contribution in [1.82, 2.24) is 25.3 Å². The minimum Gasteiger partial charge on any atom is -0.358 e. The summed E-state index contributed by atoms with van der Waals surface area (Å²) >= 11 is 1.63. The van der Waals surface area contributed by atoms with Gasteiger partial charge in [0.25, 0.3) is 0 Å². The summed E-state index contributed by atoms with van der Waals surface area (Å²) in [5, 5.41) is 8.35. The Hall–Kier alpha value is -3.05. The van der Waals surface area contributed by atoms with Crippen LogP contribution in [0, 0.1) is 6.92 Å². The van der Waals surface area contributed by atoms with Crippen molar-refractivity contribution in [3.05, 3.63) is 51.9 Å². The van der Waals surface area contributed by atoms with Crippen LogP contribution in [0.1, 0.15) is 54.0 Å². The molecule has 7 nitrogen and oxygen atoms in total. The first kappa shape index (κ1) is 25.6. The van der Waals surface area contributed by atoms with E-state index in [-0.39, 0.29) is 34.7 Å². The van der Waals surface area contributed by atoms with E-state index in [9.17, 15) is 18.0 Å². The third-order valence-electron chi connectivity index (χ3n) is 5.14. The van der Waals surface area contributed by atoms with Crippen molar-refractivity contribution in [2.75, 3.05) is 18.4 Å². The maximum atomic E-state index is 13.6. The molecule has 0 amide bonds. The third kappa shape index (κ3) is 6.51. The monoisotopic (exact) mass is 492 g/mol. The Labute approximate surface area is 200 Å². The van der Waals surface area contributed by atoms with Gasteiger partial charge in [-0.15, -0.1) is 11.3 Å². The molecule has 0 aromatic carbocycles. The van der Waals surface area contributed by atoms with Gasteiger partial charge in [0.05, 0.1) is 16.9 Å². The molecule has 3 aromatic rings. The van der Waals surface area contributed by atoms with E-state index in [0.29, 0.717) is 12.1 Å². The standard InChI is InChI=1S/C19H22F3N5O.C4H5NS/c1-3-5-13-14(9-24-16(13)11(2)28)17-15(19(20,21)22)10-25-18(27-17)26-12-6-4-7-23-8-12;1-4-2-6-3-5-4/h3,5,9-10,12,23-24H,4,6-8H2,1-2H3,(H,25,26,27);2-3H,1H3/b5-3-;. The highest BCUT2D eigenvalue weighted by atomic mass is 32.1. The number of allylic oxidation sites excluding steroid dienone is 1. The molecular weight excluding hydrogens is 465 g/mol. The van der Waals surface area contributed by atoms with E-state index >= 15 is 0 Å². The fourth-order valence-electron chi connectivity index (χ4n) is 3.56. The average Bonchev–Trinajstić information content (AvgIpc) is 3.43. The summed E-state index contributed by atoms with van der Waals surface area (Å²) < 4.78 is 40.8. The predicted molar refractivity (Wildman–Crippen MR) is 128 cm³/mol. The number of rotatable bonds is 5. The number of piperidine rings is 1. The highest BCUT2D eigenvalue weighted by Gasteiger charge is 2.36. The minimum atomic E-state index is -4.62. The Morgan fingerprint density at radius 1 is 1.32 bits per heavy atom. The van der Waals surface area contributed by atoms with Gasteiger partial charge in [0.2, 0.25) is 5.95 Å². The zero-order valence-electron chi connectivity index (χ0n) is 19.2. The van der Waals surface area contributed by atoms with Gasteiger partial charge in [-0.25, -0.2) is 9.97 Å². The smallest absolute Gasteiger partial charge is 0.358 e. The van der Waals surface area contributed by atoms with Crippen molar-refractivity contribution < 1.29 is 18.0 Å². The van der Waals surface area contributed by atoms with Gasteiger partial charge in [-0.1, -0.05) is 12.2 Å². The summed E-state index contributed by atoms with van der Waals surface area (Å²) in [6.07, 6.45) is 2.67. The summed E-state index contributed by atoms with van der Waals surface area (Å²) in [6, 6.07) is 0.0485. The molecule has 0 spiro atoms. The molecule has 1 aliphatic heterocycles. The lowest BCUT2D eigenvalue weighted by atomic mass is 10.0. The first-order valence-corrected chi connectivity index (χ1v) is 11.8. The lowest BCUT2D eigenvalue weighted by Gasteiger charge is -2.24. The first-order valence-electron chi connectivity index (χ1n) is 10.8. The van der Waals surface area contributed by atoms with E-state index in [1.54, 1.807) is 30.4 Å². The highest BCUT2D eigenvalue weighted by Crippen LogP contribution is 2.38. The molecule has 3 aromatic heterocycles. The van der Waals surface area contributed by atoms with Crippen molar-refractivity contribution in [3.8, 4) is 11.3 Å². The van der Waals surface area contributed by atoms with Gasteiger partial charge in [-0.05, 0) is 33.2 Å². The quantitative estimate of drug-likeness (QED) is 0.416. The highest BCUT2D eigenvalue weighted by molar-refractivity contribution is 7.07. The van der Waals surface area contributed by atoms with Crippen molar-refractivity contribution in [2.24, 2.45) is 0 Å². The van der Waals surface area contributed by atoms with Crippen molar-refractivity contribution in [1.29, 1.82) is 0 Å². The second-order valence-electron chi connectivity index (χ2n) is 7.82. The maximum absolute atomic E-state index is 13.6. The number of Topliss-reactive ketones (excluding diaryl/α,β-unsaturated/α-hetero) is 1. The van der Waals surface area contributed by atoms with Crippen LogP contribution in [-0.4, -0.2) is 44.9 Å². The summed E-state index contributed by atoms with van der Waals surface area (Å²) in [5.41, 5.74) is 2.57. The van der Waals surface area contributed by atoms with Crippen LogP contribution >= 0.6 is 11.3 Å². The number of ketones is 1. The van der Waals surface area contributed by atoms with Crippen LogP contribution < -0.4 is 10.6 Å². The van der Waals surface area contributed by atoms with Gasteiger partial charge in [-0.3, -0.25) is 9.78 Å². The zero-order chi connectivity index (χ0) is 24.7. The second kappa shape index (κ2) is 11.4. The van der Waals surface area contributed by atoms with Gasteiger partial charge in [-0.2, -0.15) is 13.2 Å². The number of hydrogen-bond donors (Lipinski definition) is 3. The molecule has 4 rings (SSSR count). The van der Waals surface area contributed by atoms with Crippen LogP contribution in [0.5, 0.6) is 0 Å². The Kier molecular flexibility index (Phi) is 8.56. The van der Waals surface area contributed by atoms with Crippen LogP contribution in [0.2, 0.25) is 0 Å². The molecule has 3 N–H and O–H groups in total. The minimum absolute atomic E-state index is 0.0485. The fourth-order valence-corrected chi connectivity index (χ4v) is 4.10. The number of thiazole rings is 1. The summed E-state index contributed by atoms with van der Waals surface area (Å²) in [7, 11) is 0. The number of aryl methyl sites for hydroxylation is 1. The molecule has 0 bridgehead atoms. The molecule has 1 atom stereocenters. The van der Waals surface area contributed by atoms with Crippen LogP contribution in [0.3, 0.4) is 0 Å². The van der Waals surface area contributed by atoms with E-state index in [2.05, 4.69) is 30.6 Å². The molecule has 4 heterocycles. The SMILES string of the molecule is C/C=C\c1c(-c2nc(NC3CCCNC3)ncc2C(F)(F)F)c[nH]c1C(C)=O.Cc1cscn1. The van der Waals surface area contributed by atoms with Crippen LogP contribution in [0.25, 0.3) is 17.3 Å². The van der Waals surface area contributed by atoms with Gasteiger partial charge < -0.3 is 15.6 Å². The Morgan fingerprint density at radius 3 is 2.65 bits per heavy atom. The molecule has 34 heavy (non-hydrogen) atoms. The normalized spacial score (nSPS) is 16.2. The Morgan fingerprint density at radius 2 is 2.12 bits per heavy atom. The topological polar surface area (TPSA) is 95.6 Å². The molecule has 11 heteroatoms. The van der Waals surface area contributed by atoms with Crippen molar-refractivity contribution in [3.63, 3.8) is 0 Å². The predicted octanol–water partition coefficient (Wildman–Crippen LogP) is 5.34. The van der Waals surface area contributed by atoms with Gasteiger partial charge in [0.1, 0.15) is 5.56 Å². The van der Waals surface area contributed by atoms with Crippen LogP contribution in [-0.2, 0) is 6.18 Å². The van der Waals surface area contributed by atoms with Gasteiger partial charge in [0, 0.05) is 54.1 Å². The Balaban J connectivity index is 0.000000469. The second-order valence-corrected chi connectivity index (χ2v) is 8.54. The van der Waals surface area contributed by atoms with E-state index in [4.69, 9.17) is 0 Å². The fraction of sp³-hybridized carbons (Fsp3) is 0.391. The number of carbonyl (C=O) groups is 1. The lowest BCUT2D eigenvalue weighted by Crippen LogP contribution is -2.38. The lowest BCUT2D eigenvalue weighted by molar-refractivity contribution is -0.137. The average molecular weight is 493 g/mol. The number of anilines is 1. The molecule has 0 aliphatic carbocycles. The number of aromatic nitrogens is 4. The number of halogens is 3. The molecule has 1 saturated heterocycles. The van der Waals surface area contributed by atoms with E-state index in [0.717, 1.165) is 31.3 Å². The number of nitrogens with zero attached hydrogens (tertiary/aromatic N) is 3. The summed E-state index contributed by atoms with van der Waals surface area (Å²) in [4.78, 5) is 26.6. The molecule has 1 aliphatic rings. The molecule has 0 radical (unpaired) electrons. The Bertz CT molecular complexity index is 1120. The number of hydrogen-bond acceptors (Lipinski definition) is 7. The van der Waals surface area contributed by atoms with E-state index < -0.39 is 11.7 Å². The molecule has 0 saturated carbocycles. The van der Waals surface area contributed by atoms with Gasteiger partial charge >= 0.3 is 6.18 Å². The summed E-state index contributed by atoms with van der Waals surface area (Å²) in [6.45, 7) is 6.69. The van der Waals surface area contributed by atoms with Crippen molar-refractivity contribution >= 4 is 29.1 Å². The molecule has 1 unspecified atom stereocenters. The largest absolute Gasteiger partial charge is 0.419 e. The maximum Gasteiger partial charge on any atom is 0.419 e.